The van der Waals surface area contributed by atoms with E-state index in [1.54, 1.807) is 0 Å². The molecule has 1 heterocycles. The number of carbonyl (C=O) groups excluding carboxylic acids is 1. The Morgan fingerprint density at radius 3 is 2.81 bits per heavy atom. The molecule has 0 bridgehead atoms. The Morgan fingerprint density at radius 1 is 1.44 bits per heavy atom. The van der Waals surface area contributed by atoms with Crippen molar-refractivity contribution >= 4 is 5.91 Å². The SMILES string of the molecule is CCCC1NCN(CCCCN(C)C)C1=O. The molecule has 0 aromatic carbocycles. The Hall–Kier alpha value is -0.610. The molecule has 1 saturated heterocycles. The van der Waals surface area contributed by atoms with Crippen LogP contribution in [-0.2, 0) is 4.79 Å². The zero-order valence-electron chi connectivity index (χ0n) is 10.8. The van der Waals surface area contributed by atoms with Crippen molar-refractivity contribution in [3.63, 3.8) is 0 Å². The molecular formula is C12H25N3O. The van der Waals surface area contributed by atoms with Crippen molar-refractivity contribution in [2.45, 2.75) is 38.6 Å². The second-order valence-corrected chi connectivity index (χ2v) is 4.82. The summed E-state index contributed by atoms with van der Waals surface area (Å²) in [5.74, 6) is 0.298. The van der Waals surface area contributed by atoms with Crippen LogP contribution in [0.5, 0.6) is 0 Å². The smallest absolute Gasteiger partial charge is 0.240 e. The van der Waals surface area contributed by atoms with Gasteiger partial charge in [0.1, 0.15) is 0 Å². The molecule has 0 spiro atoms. The van der Waals surface area contributed by atoms with Crippen molar-refractivity contribution in [3.05, 3.63) is 0 Å². The van der Waals surface area contributed by atoms with Gasteiger partial charge in [-0.05, 0) is 39.9 Å². The molecule has 0 aromatic rings. The highest BCUT2D eigenvalue weighted by Crippen LogP contribution is 2.09. The first-order valence-corrected chi connectivity index (χ1v) is 6.32. The Labute approximate surface area is 99.0 Å². The lowest BCUT2D eigenvalue weighted by atomic mass is 10.1. The number of nitrogens with one attached hydrogen (secondary N) is 1. The van der Waals surface area contributed by atoms with Crippen LogP contribution in [-0.4, -0.2) is 55.6 Å². The van der Waals surface area contributed by atoms with Crippen LogP contribution in [0, 0.1) is 0 Å². The van der Waals surface area contributed by atoms with Gasteiger partial charge in [-0.1, -0.05) is 13.3 Å². The highest BCUT2D eigenvalue weighted by Gasteiger charge is 2.29. The topological polar surface area (TPSA) is 35.6 Å². The van der Waals surface area contributed by atoms with E-state index in [1.807, 2.05) is 4.90 Å². The number of unbranched alkanes of at least 4 members (excludes halogenated alkanes) is 1. The number of nitrogens with zero attached hydrogens (tertiary/aromatic N) is 2. The summed E-state index contributed by atoms with van der Waals surface area (Å²) in [5.41, 5.74) is 0. The molecule has 0 radical (unpaired) electrons. The van der Waals surface area contributed by atoms with Gasteiger partial charge in [0.2, 0.25) is 5.91 Å². The zero-order valence-corrected chi connectivity index (χ0v) is 10.8. The summed E-state index contributed by atoms with van der Waals surface area (Å²) < 4.78 is 0. The van der Waals surface area contributed by atoms with E-state index in [0.29, 0.717) is 5.91 Å². The molecule has 1 amide bonds. The van der Waals surface area contributed by atoms with Crippen molar-refractivity contribution in [2.24, 2.45) is 0 Å². The maximum Gasteiger partial charge on any atom is 0.240 e. The van der Waals surface area contributed by atoms with Crippen molar-refractivity contribution in [1.29, 1.82) is 0 Å². The summed E-state index contributed by atoms with van der Waals surface area (Å²) in [6.07, 6.45) is 4.30. The maximum atomic E-state index is 11.9. The summed E-state index contributed by atoms with van der Waals surface area (Å²) in [6.45, 7) is 4.87. The largest absolute Gasteiger partial charge is 0.329 e. The van der Waals surface area contributed by atoms with Crippen LogP contribution in [0.4, 0.5) is 0 Å². The number of carbonyl (C=O) groups is 1. The number of rotatable bonds is 7. The minimum absolute atomic E-state index is 0.0823. The normalized spacial score (nSPS) is 21.1. The fraction of sp³-hybridized carbons (Fsp3) is 0.917. The molecule has 1 rings (SSSR count). The van der Waals surface area contributed by atoms with Gasteiger partial charge < -0.3 is 9.80 Å². The summed E-state index contributed by atoms with van der Waals surface area (Å²) in [6, 6.07) is 0.0823. The van der Waals surface area contributed by atoms with Gasteiger partial charge in [-0.3, -0.25) is 10.1 Å². The molecular weight excluding hydrogens is 202 g/mol. The van der Waals surface area contributed by atoms with Crippen LogP contribution in [0.3, 0.4) is 0 Å². The Bertz CT molecular complexity index is 218. The Kier molecular flexibility index (Phi) is 5.77. The molecule has 94 valence electrons. The second kappa shape index (κ2) is 6.86. The number of hydrogen-bond acceptors (Lipinski definition) is 3. The minimum Gasteiger partial charge on any atom is -0.329 e. The quantitative estimate of drug-likeness (QED) is 0.656. The van der Waals surface area contributed by atoms with Gasteiger partial charge in [-0.15, -0.1) is 0 Å². The molecule has 1 unspecified atom stereocenters. The second-order valence-electron chi connectivity index (χ2n) is 4.82. The fourth-order valence-corrected chi connectivity index (χ4v) is 2.04. The molecule has 4 nitrogen and oxygen atoms in total. The van der Waals surface area contributed by atoms with Crippen LogP contribution in [0.2, 0.25) is 0 Å². The molecule has 1 fully saturated rings. The van der Waals surface area contributed by atoms with Gasteiger partial charge in [0.25, 0.3) is 0 Å². The fourth-order valence-electron chi connectivity index (χ4n) is 2.04. The molecule has 16 heavy (non-hydrogen) atoms. The first kappa shape index (κ1) is 13.5. The molecule has 1 atom stereocenters. The van der Waals surface area contributed by atoms with E-state index < -0.39 is 0 Å². The lowest BCUT2D eigenvalue weighted by Gasteiger charge is -2.16. The highest BCUT2D eigenvalue weighted by atomic mass is 16.2. The van der Waals surface area contributed by atoms with Gasteiger partial charge in [0, 0.05) is 6.54 Å². The number of amides is 1. The van der Waals surface area contributed by atoms with E-state index in [-0.39, 0.29) is 6.04 Å². The van der Waals surface area contributed by atoms with Crippen molar-refractivity contribution in [3.8, 4) is 0 Å². The van der Waals surface area contributed by atoms with Gasteiger partial charge in [0.05, 0.1) is 12.7 Å². The van der Waals surface area contributed by atoms with Gasteiger partial charge in [0.15, 0.2) is 0 Å². The summed E-state index contributed by atoms with van der Waals surface area (Å²) in [4.78, 5) is 16.0. The minimum atomic E-state index is 0.0823. The molecule has 0 saturated carbocycles. The van der Waals surface area contributed by atoms with Crippen molar-refractivity contribution < 1.29 is 4.79 Å². The summed E-state index contributed by atoms with van der Waals surface area (Å²) in [5, 5.41) is 3.27. The molecule has 1 aliphatic heterocycles. The maximum absolute atomic E-state index is 11.9. The predicted molar refractivity (Wildman–Crippen MR) is 66.2 cm³/mol. The Balaban J connectivity index is 2.16. The molecule has 1 aliphatic rings. The first-order valence-electron chi connectivity index (χ1n) is 6.32. The summed E-state index contributed by atoms with van der Waals surface area (Å²) >= 11 is 0. The molecule has 0 aromatic heterocycles. The standard InChI is InChI=1S/C12H25N3O/c1-4-7-11-12(16)15(10-13-11)9-6-5-8-14(2)3/h11,13H,4-10H2,1-3H3. The van der Waals surface area contributed by atoms with E-state index in [4.69, 9.17) is 0 Å². The average Bonchev–Trinajstić information content (AvgIpc) is 2.57. The van der Waals surface area contributed by atoms with E-state index >= 15 is 0 Å². The van der Waals surface area contributed by atoms with Gasteiger partial charge in [-0.25, -0.2) is 0 Å². The van der Waals surface area contributed by atoms with E-state index in [0.717, 1.165) is 45.4 Å². The molecule has 0 aliphatic carbocycles. The van der Waals surface area contributed by atoms with E-state index in [1.165, 1.54) is 0 Å². The highest BCUT2D eigenvalue weighted by molar-refractivity contribution is 5.83. The Morgan fingerprint density at radius 2 is 2.19 bits per heavy atom. The number of hydrogen-bond donors (Lipinski definition) is 1. The van der Waals surface area contributed by atoms with Crippen LogP contribution in [0.25, 0.3) is 0 Å². The third-order valence-corrected chi connectivity index (χ3v) is 3.00. The van der Waals surface area contributed by atoms with Crippen LogP contribution < -0.4 is 5.32 Å². The average molecular weight is 227 g/mol. The summed E-state index contributed by atoms with van der Waals surface area (Å²) in [7, 11) is 4.17. The van der Waals surface area contributed by atoms with Gasteiger partial charge >= 0.3 is 0 Å². The molecule has 4 heteroatoms. The van der Waals surface area contributed by atoms with E-state index in [2.05, 4.69) is 31.2 Å². The van der Waals surface area contributed by atoms with Gasteiger partial charge in [-0.2, -0.15) is 0 Å². The van der Waals surface area contributed by atoms with Crippen molar-refractivity contribution in [2.75, 3.05) is 33.9 Å². The van der Waals surface area contributed by atoms with E-state index in [9.17, 15) is 4.79 Å². The lowest BCUT2D eigenvalue weighted by Crippen LogP contribution is -2.31. The van der Waals surface area contributed by atoms with Crippen LogP contribution in [0.15, 0.2) is 0 Å². The third-order valence-electron chi connectivity index (χ3n) is 3.00. The third kappa shape index (κ3) is 4.10. The van der Waals surface area contributed by atoms with Crippen LogP contribution >= 0.6 is 0 Å². The first-order chi connectivity index (χ1) is 7.65. The monoisotopic (exact) mass is 227 g/mol. The molecule has 1 N–H and O–H groups in total. The van der Waals surface area contributed by atoms with Crippen LogP contribution in [0.1, 0.15) is 32.6 Å². The zero-order chi connectivity index (χ0) is 12.0. The predicted octanol–water partition coefficient (Wildman–Crippen LogP) is 0.886. The lowest BCUT2D eigenvalue weighted by molar-refractivity contribution is -0.129. The van der Waals surface area contributed by atoms with Crippen molar-refractivity contribution in [1.82, 2.24) is 15.1 Å².